The summed E-state index contributed by atoms with van der Waals surface area (Å²) in [6, 6.07) is 8.46. The molecule has 0 saturated carbocycles. The minimum atomic E-state index is -0.738. The summed E-state index contributed by atoms with van der Waals surface area (Å²) in [6.45, 7) is 0.380. The van der Waals surface area contributed by atoms with Gasteiger partial charge in [-0.1, -0.05) is 30.3 Å². The first-order chi connectivity index (χ1) is 12.0. The van der Waals surface area contributed by atoms with E-state index in [0.29, 0.717) is 25.8 Å². The van der Waals surface area contributed by atoms with Gasteiger partial charge in [-0.05, 0) is 31.9 Å². The summed E-state index contributed by atoms with van der Waals surface area (Å²) < 4.78 is 4.76. The molecule has 1 aromatic rings. The number of benzene rings is 1. The van der Waals surface area contributed by atoms with Crippen LogP contribution in [0.25, 0.3) is 0 Å². The predicted molar refractivity (Wildman–Crippen MR) is 96.9 cm³/mol. The number of aliphatic imine (C=N–C) groups is 1. The van der Waals surface area contributed by atoms with Crippen LogP contribution in [-0.4, -0.2) is 50.6 Å². The third-order valence-electron chi connectivity index (χ3n) is 3.70. The van der Waals surface area contributed by atoms with Gasteiger partial charge in [0.05, 0.1) is 13.2 Å². The predicted octanol–water partition coefficient (Wildman–Crippen LogP) is -0.471. The molecule has 8 heteroatoms. The number of carbonyl (C=O) groups excluding carboxylic acids is 2. The summed E-state index contributed by atoms with van der Waals surface area (Å²) >= 11 is 0. The zero-order valence-electron chi connectivity index (χ0n) is 14.7. The normalized spacial score (nSPS) is 12.7. The highest BCUT2D eigenvalue weighted by Crippen LogP contribution is 2.05. The molecule has 1 rings (SSSR count). The second-order valence-electron chi connectivity index (χ2n) is 5.56. The third-order valence-corrected chi connectivity index (χ3v) is 3.70. The lowest BCUT2D eigenvalue weighted by Gasteiger charge is -2.21. The maximum absolute atomic E-state index is 12.5. The largest absolute Gasteiger partial charge is 0.467 e. The zero-order chi connectivity index (χ0) is 18.7. The number of hydrogen-bond donors (Lipinski definition) is 4. The van der Waals surface area contributed by atoms with Crippen molar-refractivity contribution in [1.29, 1.82) is 0 Å². The number of amides is 1. The summed E-state index contributed by atoms with van der Waals surface area (Å²) in [5.41, 5.74) is 11.6. The molecule has 0 heterocycles. The maximum atomic E-state index is 12.5. The van der Waals surface area contributed by atoms with E-state index in [0.717, 1.165) is 5.56 Å². The number of nitrogens with zero attached hydrogens (tertiary/aromatic N) is 1. The number of esters is 1. The lowest BCUT2D eigenvalue weighted by Crippen LogP contribution is -2.50. The fraction of sp³-hybridized carbons (Fsp3) is 0.471. The van der Waals surface area contributed by atoms with Crippen molar-refractivity contribution in [3.05, 3.63) is 35.9 Å². The van der Waals surface area contributed by atoms with Gasteiger partial charge in [-0.2, -0.15) is 0 Å². The van der Waals surface area contributed by atoms with Crippen molar-refractivity contribution in [1.82, 2.24) is 10.6 Å². The van der Waals surface area contributed by atoms with Crippen LogP contribution in [0, 0.1) is 0 Å². The molecule has 0 aliphatic rings. The van der Waals surface area contributed by atoms with Gasteiger partial charge in [-0.15, -0.1) is 0 Å². The summed E-state index contributed by atoms with van der Waals surface area (Å²) in [4.78, 5) is 28.3. The highest BCUT2D eigenvalue weighted by Gasteiger charge is 2.25. The molecule has 0 radical (unpaired) electrons. The first-order valence-corrected chi connectivity index (χ1v) is 8.12. The fourth-order valence-corrected chi connectivity index (χ4v) is 2.34. The Bertz CT molecular complexity index is 573. The first kappa shape index (κ1) is 20.4. The standard InChI is InChI=1S/C17H27N5O3/c1-20-14(11-12-7-4-3-5-8-12)15(23)22-13(16(24)25-2)9-6-10-21-17(18)19/h3-5,7-8,13-14,20H,6,9-11H2,1-2H3,(H,22,23)(H4,18,19,21)/t13-,14-/m0/s1. The molecule has 0 aromatic heterocycles. The van der Waals surface area contributed by atoms with Crippen LogP contribution < -0.4 is 22.1 Å². The van der Waals surface area contributed by atoms with Crippen molar-refractivity contribution in [3.8, 4) is 0 Å². The Morgan fingerprint density at radius 2 is 1.88 bits per heavy atom. The van der Waals surface area contributed by atoms with Gasteiger partial charge in [-0.25, -0.2) is 4.79 Å². The highest BCUT2D eigenvalue weighted by atomic mass is 16.5. The SMILES string of the molecule is CN[C@@H](Cc1ccccc1)C(=O)N[C@@H](CCCN=C(N)N)C(=O)OC. The molecule has 25 heavy (non-hydrogen) atoms. The van der Waals surface area contributed by atoms with Crippen LogP contribution in [0.3, 0.4) is 0 Å². The number of ether oxygens (including phenoxy) is 1. The van der Waals surface area contributed by atoms with Gasteiger partial charge < -0.3 is 26.8 Å². The van der Waals surface area contributed by atoms with E-state index in [9.17, 15) is 9.59 Å². The van der Waals surface area contributed by atoms with Gasteiger partial charge in [-0.3, -0.25) is 9.79 Å². The van der Waals surface area contributed by atoms with Crippen LogP contribution in [0.1, 0.15) is 18.4 Å². The number of guanidine groups is 1. The summed E-state index contributed by atoms with van der Waals surface area (Å²) in [5, 5.41) is 5.72. The number of carbonyl (C=O) groups is 2. The zero-order valence-corrected chi connectivity index (χ0v) is 14.7. The molecule has 0 aliphatic carbocycles. The molecule has 0 saturated heterocycles. The van der Waals surface area contributed by atoms with Crippen molar-refractivity contribution < 1.29 is 14.3 Å². The van der Waals surface area contributed by atoms with Gasteiger partial charge in [0.15, 0.2) is 5.96 Å². The van der Waals surface area contributed by atoms with Gasteiger partial charge >= 0.3 is 5.97 Å². The van der Waals surface area contributed by atoms with Gasteiger partial charge in [0, 0.05) is 6.54 Å². The molecular formula is C17H27N5O3. The summed E-state index contributed by atoms with van der Waals surface area (Å²) in [6.07, 6.45) is 1.45. The molecule has 1 aromatic carbocycles. The maximum Gasteiger partial charge on any atom is 0.328 e. The van der Waals surface area contributed by atoms with Crippen molar-refractivity contribution in [2.45, 2.75) is 31.3 Å². The minimum Gasteiger partial charge on any atom is -0.467 e. The quantitative estimate of drug-likeness (QED) is 0.195. The van der Waals surface area contributed by atoms with Gasteiger partial charge in [0.1, 0.15) is 6.04 Å². The molecule has 2 atom stereocenters. The molecule has 8 nitrogen and oxygen atoms in total. The van der Waals surface area contributed by atoms with E-state index < -0.39 is 18.1 Å². The molecule has 0 bridgehead atoms. The fourth-order valence-electron chi connectivity index (χ4n) is 2.34. The van der Waals surface area contributed by atoms with Gasteiger partial charge in [0.2, 0.25) is 5.91 Å². The van der Waals surface area contributed by atoms with Crippen LogP contribution in [0.15, 0.2) is 35.3 Å². The second kappa shape index (κ2) is 11.0. The van der Waals surface area contributed by atoms with Crippen molar-refractivity contribution >= 4 is 17.8 Å². The van der Waals surface area contributed by atoms with Crippen molar-refractivity contribution in [2.75, 3.05) is 20.7 Å². The van der Waals surface area contributed by atoms with Crippen LogP contribution in [0.2, 0.25) is 0 Å². The van der Waals surface area contributed by atoms with E-state index in [2.05, 4.69) is 15.6 Å². The van der Waals surface area contributed by atoms with Crippen LogP contribution in [0.4, 0.5) is 0 Å². The molecule has 138 valence electrons. The molecular weight excluding hydrogens is 322 g/mol. The van der Waals surface area contributed by atoms with Gasteiger partial charge in [0.25, 0.3) is 0 Å². The lowest BCUT2D eigenvalue weighted by molar-refractivity contribution is -0.145. The average molecular weight is 349 g/mol. The Labute approximate surface area is 148 Å². The Morgan fingerprint density at radius 3 is 2.44 bits per heavy atom. The van der Waals surface area contributed by atoms with Crippen molar-refractivity contribution in [3.63, 3.8) is 0 Å². The molecule has 6 N–H and O–H groups in total. The molecule has 0 fully saturated rings. The Balaban J connectivity index is 2.64. The third kappa shape index (κ3) is 7.67. The van der Waals surface area contributed by atoms with Crippen LogP contribution >= 0.6 is 0 Å². The highest BCUT2D eigenvalue weighted by molar-refractivity contribution is 5.87. The van der Waals surface area contributed by atoms with E-state index in [4.69, 9.17) is 16.2 Å². The smallest absolute Gasteiger partial charge is 0.328 e. The van der Waals surface area contributed by atoms with E-state index in [1.807, 2.05) is 30.3 Å². The molecule has 0 unspecified atom stereocenters. The van der Waals surface area contributed by atoms with E-state index in [1.54, 1.807) is 7.05 Å². The van der Waals surface area contributed by atoms with E-state index >= 15 is 0 Å². The monoisotopic (exact) mass is 349 g/mol. The van der Waals surface area contributed by atoms with Crippen molar-refractivity contribution in [2.24, 2.45) is 16.5 Å². The Hall–Kier alpha value is -2.61. The first-order valence-electron chi connectivity index (χ1n) is 8.12. The Kier molecular flexibility index (Phi) is 9.02. The molecule has 0 aliphatic heterocycles. The second-order valence-corrected chi connectivity index (χ2v) is 5.56. The van der Waals surface area contributed by atoms with E-state index in [-0.39, 0.29) is 11.9 Å². The Morgan fingerprint density at radius 1 is 1.20 bits per heavy atom. The lowest BCUT2D eigenvalue weighted by atomic mass is 10.0. The minimum absolute atomic E-state index is 0.00300. The number of nitrogens with one attached hydrogen (secondary N) is 2. The van der Waals surface area contributed by atoms with Crippen LogP contribution in [-0.2, 0) is 20.7 Å². The average Bonchev–Trinajstić information content (AvgIpc) is 2.61. The molecule has 1 amide bonds. The summed E-state index contributed by atoms with van der Waals surface area (Å²) in [7, 11) is 3.00. The number of likely N-dealkylation sites (N-methyl/N-ethyl adjacent to an activating group) is 1. The number of hydrogen-bond acceptors (Lipinski definition) is 5. The van der Waals surface area contributed by atoms with Crippen LogP contribution in [0.5, 0.6) is 0 Å². The topological polar surface area (TPSA) is 132 Å². The van der Waals surface area contributed by atoms with E-state index in [1.165, 1.54) is 7.11 Å². The molecule has 0 spiro atoms. The summed E-state index contributed by atoms with van der Waals surface area (Å²) in [5.74, 6) is -0.757. The number of nitrogens with two attached hydrogens (primary N) is 2. The number of methoxy groups -OCH3 is 1. The number of rotatable bonds is 10.